The number of aromatic nitrogens is 2. The number of fused-ring (bicyclic) bond motifs is 1. The molecule has 3 aromatic rings. The highest BCUT2D eigenvalue weighted by Gasteiger charge is 2.22. The summed E-state index contributed by atoms with van der Waals surface area (Å²) in [6, 6.07) is 17.1. The van der Waals surface area contributed by atoms with Crippen LogP contribution in [0.3, 0.4) is 0 Å². The van der Waals surface area contributed by atoms with E-state index in [0.29, 0.717) is 35.8 Å². The first-order valence-electron chi connectivity index (χ1n) is 11.3. The van der Waals surface area contributed by atoms with Gasteiger partial charge in [-0.25, -0.2) is 4.98 Å². The quantitative estimate of drug-likeness (QED) is 0.375. The minimum Gasteiger partial charge on any atom is -0.492 e. The van der Waals surface area contributed by atoms with E-state index in [1.165, 1.54) is 11.8 Å². The summed E-state index contributed by atoms with van der Waals surface area (Å²) in [7, 11) is 0. The summed E-state index contributed by atoms with van der Waals surface area (Å²) in [6.45, 7) is 8.47. The van der Waals surface area contributed by atoms with E-state index in [9.17, 15) is 9.59 Å². The number of hydrogen-bond acceptors (Lipinski definition) is 6. The minimum atomic E-state index is -0.0584. The van der Waals surface area contributed by atoms with E-state index in [1.807, 2.05) is 67.3 Å². The van der Waals surface area contributed by atoms with Crippen molar-refractivity contribution in [3.05, 3.63) is 65.0 Å². The first kappa shape index (κ1) is 23.3. The van der Waals surface area contributed by atoms with E-state index in [1.54, 1.807) is 10.6 Å². The zero-order valence-corrected chi connectivity index (χ0v) is 20.0. The molecular weight excluding hydrogens is 436 g/mol. The van der Waals surface area contributed by atoms with Crippen LogP contribution < -0.4 is 10.3 Å². The van der Waals surface area contributed by atoms with Crippen LogP contribution in [0.4, 0.5) is 0 Å². The predicted octanol–water partition coefficient (Wildman–Crippen LogP) is 3.29. The van der Waals surface area contributed by atoms with Gasteiger partial charge in [-0.15, -0.1) is 0 Å². The number of carbonyl (C=O) groups is 1. The highest BCUT2D eigenvalue weighted by Crippen LogP contribution is 2.21. The Labute approximate surface area is 198 Å². The molecule has 1 aromatic heterocycles. The van der Waals surface area contributed by atoms with Gasteiger partial charge in [-0.05, 0) is 38.1 Å². The Kier molecular flexibility index (Phi) is 7.67. The maximum Gasteiger partial charge on any atom is 0.262 e. The molecule has 1 saturated heterocycles. The van der Waals surface area contributed by atoms with E-state index in [4.69, 9.17) is 4.74 Å². The van der Waals surface area contributed by atoms with Crippen LogP contribution in [0.15, 0.2) is 64.5 Å². The summed E-state index contributed by atoms with van der Waals surface area (Å²) in [5, 5.41) is 1.20. The van der Waals surface area contributed by atoms with Crippen LogP contribution >= 0.6 is 11.8 Å². The van der Waals surface area contributed by atoms with E-state index < -0.39 is 0 Å². The Hall–Kier alpha value is -2.84. The van der Waals surface area contributed by atoms with E-state index in [0.717, 1.165) is 25.4 Å². The number of ether oxygens (including phenoxy) is 1. The van der Waals surface area contributed by atoms with E-state index in [2.05, 4.69) is 9.88 Å². The van der Waals surface area contributed by atoms with Gasteiger partial charge in [-0.2, -0.15) is 0 Å². The maximum absolute atomic E-state index is 12.9. The Balaban J connectivity index is 1.29. The molecule has 0 unspecified atom stereocenters. The summed E-state index contributed by atoms with van der Waals surface area (Å²) in [5.41, 5.74) is 0.609. The number of hydrogen-bond donors (Lipinski definition) is 0. The van der Waals surface area contributed by atoms with Crippen molar-refractivity contribution in [2.75, 3.05) is 45.1 Å². The zero-order valence-electron chi connectivity index (χ0n) is 19.1. The molecule has 1 aliphatic rings. The van der Waals surface area contributed by atoms with Crippen LogP contribution in [0.5, 0.6) is 5.75 Å². The fourth-order valence-corrected chi connectivity index (χ4v) is 4.96. The van der Waals surface area contributed by atoms with E-state index in [-0.39, 0.29) is 23.3 Å². The predicted molar refractivity (Wildman–Crippen MR) is 132 cm³/mol. The largest absolute Gasteiger partial charge is 0.492 e. The van der Waals surface area contributed by atoms with Crippen LogP contribution in [0.25, 0.3) is 10.9 Å². The third kappa shape index (κ3) is 5.75. The topological polar surface area (TPSA) is 67.7 Å². The van der Waals surface area contributed by atoms with Crippen molar-refractivity contribution < 1.29 is 9.53 Å². The number of benzene rings is 2. The molecule has 1 aliphatic heterocycles. The van der Waals surface area contributed by atoms with Crippen molar-refractivity contribution in [2.24, 2.45) is 0 Å². The zero-order chi connectivity index (χ0) is 23.2. The molecule has 0 N–H and O–H groups in total. The van der Waals surface area contributed by atoms with Crippen molar-refractivity contribution in [1.29, 1.82) is 0 Å². The summed E-state index contributed by atoms with van der Waals surface area (Å²) >= 11 is 1.35. The molecule has 0 spiro atoms. The standard InChI is InChI=1S/C25H30N4O3S/c1-19(2)29-24(31)21-10-6-7-11-22(21)26-25(29)33-18-23(30)28-14-12-27(13-15-28)16-17-32-20-8-4-3-5-9-20/h3-11,19H,12-18H2,1-2H3. The van der Waals surface area contributed by atoms with Gasteiger partial charge in [0.2, 0.25) is 5.91 Å². The van der Waals surface area contributed by atoms with Crippen molar-refractivity contribution in [1.82, 2.24) is 19.4 Å². The molecule has 174 valence electrons. The molecular formula is C25H30N4O3S. The van der Waals surface area contributed by atoms with Gasteiger partial charge >= 0.3 is 0 Å². The second-order valence-electron chi connectivity index (χ2n) is 8.35. The number of piperazine rings is 1. The average Bonchev–Trinajstić information content (AvgIpc) is 2.83. The first-order chi connectivity index (χ1) is 16.0. The lowest BCUT2D eigenvalue weighted by Gasteiger charge is -2.34. The molecule has 1 fully saturated rings. The molecule has 0 radical (unpaired) electrons. The third-order valence-corrected chi connectivity index (χ3v) is 6.70. The summed E-state index contributed by atoms with van der Waals surface area (Å²) in [5.74, 6) is 1.23. The normalized spacial score (nSPS) is 14.7. The number of nitrogens with zero attached hydrogens (tertiary/aromatic N) is 4. The number of amides is 1. The lowest BCUT2D eigenvalue weighted by atomic mass is 10.2. The smallest absolute Gasteiger partial charge is 0.262 e. The van der Waals surface area contributed by atoms with E-state index >= 15 is 0 Å². The van der Waals surface area contributed by atoms with Gasteiger partial charge in [0.15, 0.2) is 5.16 Å². The summed E-state index contributed by atoms with van der Waals surface area (Å²) in [4.78, 5) is 34.7. The van der Waals surface area contributed by atoms with Crippen LogP contribution in [0.1, 0.15) is 19.9 Å². The summed E-state index contributed by atoms with van der Waals surface area (Å²) in [6.07, 6.45) is 0. The molecule has 33 heavy (non-hydrogen) atoms. The fourth-order valence-electron chi connectivity index (χ4n) is 3.93. The summed E-state index contributed by atoms with van der Waals surface area (Å²) < 4.78 is 7.47. The van der Waals surface area contributed by atoms with Crippen LogP contribution in [0.2, 0.25) is 0 Å². The van der Waals surface area contributed by atoms with Crippen LogP contribution in [-0.2, 0) is 4.79 Å². The van der Waals surface area contributed by atoms with Gasteiger partial charge in [0.25, 0.3) is 5.56 Å². The van der Waals surface area contributed by atoms with Gasteiger partial charge in [0.05, 0.1) is 16.7 Å². The van der Waals surface area contributed by atoms with Gasteiger partial charge in [-0.1, -0.05) is 42.1 Å². The highest BCUT2D eigenvalue weighted by molar-refractivity contribution is 7.99. The molecule has 0 bridgehead atoms. The van der Waals surface area contributed by atoms with Crippen molar-refractivity contribution in [3.8, 4) is 5.75 Å². The molecule has 1 amide bonds. The Morgan fingerprint density at radius 1 is 1.03 bits per heavy atom. The molecule has 0 aliphatic carbocycles. The van der Waals surface area contributed by atoms with Crippen molar-refractivity contribution >= 4 is 28.6 Å². The lowest BCUT2D eigenvalue weighted by molar-refractivity contribution is -0.130. The maximum atomic E-state index is 12.9. The van der Waals surface area contributed by atoms with Crippen molar-refractivity contribution in [3.63, 3.8) is 0 Å². The molecule has 2 heterocycles. The molecule has 8 heteroatoms. The lowest BCUT2D eigenvalue weighted by Crippen LogP contribution is -2.50. The van der Waals surface area contributed by atoms with Gasteiger partial charge in [-0.3, -0.25) is 19.1 Å². The van der Waals surface area contributed by atoms with Gasteiger partial charge in [0, 0.05) is 38.8 Å². The van der Waals surface area contributed by atoms with Crippen molar-refractivity contribution in [2.45, 2.75) is 25.0 Å². The Morgan fingerprint density at radius 3 is 2.45 bits per heavy atom. The fraction of sp³-hybridized carbons (Fsp3) is 0.400. The number of carbonyl (C=O) groups excluding carboxylic acids is 1. The average molecular weight is 467 g/mol. The second-order valence-corrected chi connectivity index (χ2v) is 9.30. The number of rotatable bonds is 8. The molecule has 0 atom stereocenters. The molecule has 4 rings (SSSR count). The minimum absolute atomic E-state index is 0.0335. The second kappa shape index (κ2) is 10.9. The van der Waals surface area contributed by atoms with Gasteiger partial charge < -0.3 is 9.64 Å². The third-order valence-electron chi connectivity index (χ3n) is 5.76. The Morgan fingerprint density at radius 2 is 1.73 bits per heavy atom. The number of thioether (sulfide) groups is 1. The highest BCUT2D eigenvalue weighted by atomic mass is 32.2. The number of para-hydroxylation sites is 2. The first-order valence-corrected chi connectivity index (χ1v) is 12.3. The molecule has 2 aromatic carbocycles. The van der Waals surface area contributed by atoms with Gasteiger partial charge in [0.1, 0.15) is 12.4 Å². The Bertz CT molecular complexity index is 1140. The monoisotopic (exact) mass is 466 g/mol. The molecule has 7 nitrogen and oxygen atoms in total. The molecule has 0 saturated carbocycles. The van der Waals surface area contributed by atoms with Crippen LogP contribution in [-0.4, -0.2) is 70.3 Å². The SMILES string of the molecule is CC(C)n1c(SCC(=O)N2CCN(CCOc3ccccc3)CC2)nc2ccccc2c1=O. The van der Waals surface area contributed by atoms with Crippen LogP contribution in [0, 0.1) is 0 Å².